The Morgan fingerprint density at radius 2 is 0.635 bits per heavy atom. The van der Waals surface area contributed by atoms with Crippen LogP contribution in [0.4, 0.5) is 0 Å². The molecule has 4 aromatic carbocycles. The first-order valence-electron chi connectivity index (χ1n) is 24.4. The first-order valence-corrected chi connectivity index (χ1v) is 30.0. The molecule has 4 rings (SSSR count). The molecule has 0 fully saturated rings. The highest BCUT2D eigenvalue weighted by Crippen LogP contribution is 2.29. The molecule has 74 heavy (non-hydrogen) atoms. The molecule has 5 radical (unpaired) electrons. The van der Waals surface area contributed by atoms with Crippen LogP contribution in [0.1, 0.15) is 120 Å². The Hall–Kier alpha value is -3.45. The first-order chi connectivity index (χ1) is 35.7. The van der Waals surface area contributed by atoms with E-state index in [0.717, 1.165) is 79.7 Å². The fourth-order valence-electron chi connectivity index (χ4n) is 5.39. The summed E-state index contributed by atoms with van der Waals surface area (Å²) in [5.41, 5.74) is 1.48. The number of rotatable bonds is 30. The minimum atomic E-state index is -0.673. The van der Waals surface area contributed by atoms with Gasteiger partial charge in [-0.15, -0.1) is 0 Å². The van der Waals surface area contributed by atoms with Crippen LogP contribution in [0, 0.1) is 10.8 Å². The number of esters is 4. The average Bonchev–Trinajstić information content (AvgIpc) is 3.43. The minimum absolute atomic E-state index is 0.148. The molecule has 0 amide bonds. The lowest BCUT2D eigenvalue weighted by molar-refractivity contribution is 0.0488. The zero-order chi connectivity index (χ0) is 55.0. The smallest absolute Gasteiger partial charge is 0.338 e. The molecule has 0 aliphatic heterocycles. The number of benzene rings is 4. The Labute approximate surface area is 484 Å². The molecular weight excluding hydrogens is 1270 g/mol. The quantitative estimate of drug-likeness (QED) is 0.0174. The van der Waals surface area contributed by atoms with E-state index >= 15 is 0 Å². The summed E-state index contributed by atoms with van der Waals surface area (Å²) < 4.78 is 39.5. The molecule has 0 bridgehead atoms. The van der Waals surface area contributed by atoms with Crippen LogP contribution in [-0.2, 0) is 18.9 Å². The van der Waals surface area contributed by atoms with Gasteiger partial charge in [0, 0.05) is 54.6 Å². The SMILES string of the molecule is BrCC(CBr)(CBr)CBr.CCCCOC(=O)c1ccc(O)cc1.CCCCOC(=O)c1ccc(OCC(CBr)(COc2ccc(C(=O)OCCCC)cc2)COc2ccc(C(=O)OCCCC)cc2)cc1.[B][B][B]. The van der Waals surface area contributed by atoms with Gasteiger partial charge in [0.25, 0.3) is 0 Å². The first kappa shape index (κ1) is 68.6. The second-order valence-corrected chi connectivity index (χ2v) is 19.6. The molecule has 0 atom stereocenters. The van der Waals surface area contributed by atoms with Gasteiger partial charge >= 0.3 is 23.9 Å². The number of carbonyl (C=O) groups excluding carboxylic acids is 4. The van der Waals surface area contributed by atoms with Gasteiger partial charge in [0.15, 0.2) is 0 Å². The normalized spacial score (nSPS) is 10.6. The summed E-state index contributed by atoms with van der Waals surface area (Å²) >= 11 is 17.5. The van der Waals surface area contributed by atoms with Crippen molar-refractivity contribution in [1.29, 1.82) is 0 Å². The fourth-order valence-corrected chi connectivity index (χ4v) is 11.5. The van der Waals surface area contributed by atoms with Gasteiger partial charge in [-0.2, -0.15) is 0 Å². The lowest BCUT2D eigenvalue weighted by Crippen LogP contribution is -2.42. The van der Waals surface area contributed by atoms with Crippen LogP contribution in [0.15, 0.2) is 97.1 Å². The molecule has 0 heterocycles. The van der Waals surface area contributed by atoms with E-state index in [1.165, 1.54) is 12.1 Å². The number of ether oxygens (including phenoxy) is 7. The summed E-state index contributed by atoms with van der Waals surface area (Å²) in [6.45, 7) is 10.4. The summed E-state index contributed by atoms with van der Waals surface area (Å²) in [5, 5.41) is 13.5. The molecule has 0 saturated carbocycles. The Morgan fingerprint density at radius 3 is 0.824 bits per heavy atom. The number of hydrogen-bond donors (Lipinski definition) is 1. The van der Waals surface area contributed by atoms with Crippen molar-refractivity contribution in [1.82, 2.24) is 0 Å². The van der Waals surface area contributed by atoms with Crippen molar-refractivity contribution in [3.8, 4) is 23.0 Å². The zero-order valence-corrected chi connectivity index (χ0v) is 50.9. The second kappa shape index (κ2) is 41.7. The predicted octanol–water partition coefficient (Wildman–Crippen LogP) is 13.2. The Balaban J connectivity index is 0.000000854. The van der Waals surface area contributed by atoms with Crippen LogP contribution in [-0.4, -0.2) is 124 Å². The minimum Gasteiger partial charge on any atom is -0.508 e. The van der Waals surface area contributed by atoms with E-state index in [4.69, 9.17) is 38.3 Å². The van der Waals surface area contributed by atoms with Crippen molar-refractivity contribution in [2.75, 3.05) is 72.9 Å². The van der Waals surface area contributed by atoms with E-state index in [1.54, 1.807) is 84.9 Å². The fraction of sp³-hybridized carbons (Fsp3) is 0.481. The van der Waals surface area contributed by atoms with Crippen molar-refractivity contribution in [3.63, 3.8) is 0 Å². The Kier molecular flexibility index (Phi) is 38.6. The van der Waals surface area contributed by atoms with Crippen molar-refractivity contribution in [2.24, 2.45) is 10.8 Å². The van der Waals surface area contributed by atoms with Crippen LogP contribution in [0.25, 0.3) is 0 Å². The molecule has 12 nitrogen and oxygen atoms in total. The van der Waals surface area contributed by atoms with Gasteiger partial charge in [-0.05, 0) is 123 Å². The molecule has 401 valence electrons. The molecule has 0 aliphatic carbocycles. The zero-order valence-electron chi connectivity index (χ0n) is 42.9. The number of aromatic hydroxyl groups is 1. The maximum absolute atomic E-state index is 12.3. The van der Waals surface area contributed by atoms with Crippen molar-refractivity contribution >= 4 is 126 Å². The highest BCUT2D eigenvalue weighted by Gasteiger charge is 2.33. The van der Waals surface area contributed by atoms with Crippen LogP contribution in [0.3, 0.4) is 0 Å². The average molecular weight is 1340 g/mol. The standard InChI is InChI=1S/C38H47BrO9.C11H14O3.C5H8Br4.B3/c1-4-7-22-43-35(40)29-10-16-32(17-11-29)46-26-38(25-39,27-47-33-18-12-30(13-19-33)36(41)44-23-8-5-2)28-48-34-20-14-31(15-21-34)37(42)45-24-9-6-3;1-2-3-8-14-11(13)9-4-6-10(12)7-5-9;6-1-5(2-7,3-8)4-9;1-3-2/h10-21H,4-9,22-28H2,1-3H3;4-7,12H,2-3,8H2,1H3;1-4H2;. The van der Waals surface area contributed by atoms with Crippen molar-refractivity contribution in [3.05, 3.63) is 119 Å². The molecular formula is C54H69B3Br5O12. The number of alkyl halides is 5. The molecule has 0 spiro atoms. The monoisotopic (exact) mass is 1340 g/mol. The molecule has 0 aromatic heterocycles. The largest absolute Gasteiger partial charge is 0.508 e. The van der Waals surface area contributed by atoms with E-state index in [0.29, 0.717) is 76.7 Å². The van der Waals surface area contributed by atoms with Crippen molar-refractivity contribution < 1.29 is 57.4 Å². The summed E-state index contributed by atoms with van der Waals surface area (Å²) in [5.74, 6) is 0.423. The van der Waals surface area contributed by atoms with Gasteiger partial charge in [0.1, 0.15) is 42.8 Å². The Bertz CT molecular complexity index is 1930. The van der Waals surface area contributed by atoms with E-state index in [2.05, 4.69) is 95.1 Å². The molecule has 4 aromatic rings. The summed E-state index contributed by atoms with van der Waals surface area (Å²) in [6, 6.07) is 26.5. The summed E-state index contributed by atoms with van der Waals surface area (Å²) in [6.07, 6.45) is 7.17. The second-order valence-electron chi connectivity index (χ2n) is 16.8. The highest BCUT2D eigenvalue weighted by atomic mass is 79.9. The Morgan fingerprint density at radius 1 is 0.419 bits per heavy atom. The summed E-state index contributed by atoms with van der Waals surface area (Å²) in [7, 11) is 10.0. The number of unbranched alkanes of at least 4 members (excludes halogenated alkanes) is 4. The molecule has 1 N–H and O–H groups in total. The van der Waals surface area contributed by atoms with E-state index < -0.39 is 5.41 Å². The lowest BCUT2D eigenvalue weighted by Gasteiger charge is -2.31. The highest BCUT2D eigenvalue weighted by molar-refractivity contribution is 9.11. The topological polar surface area (TPSA) is 153 Å². The third-order valence-corrected chi connectivity index (χ3v) is 16.3. The number of phenolic OH excluding ortho intramolecular Hbond substituents is 1. The maximum Gasteiger partial charge on any atom is 0.338 e. The van der Waals surface area contributed by atoms with Crippen molar-refractivity contribution in [2.45, 2.75) is 79.1 Å². The third kappa shape index (κ3) is 28.1. The number of carbonyl (C=O) groups is 4. The molecule has 0 aliphatic rings. The predicted molar refractivity (Wildman–Crippen MR) is 316 cm³/mol. The van der Waals surface area contributed by atoms with Crippen LogP contribution in [0.5, 0.6) is 23.0 Å². The van der Waals surface area contributed by atoms with Crippen LogP contribution >= 0.6 is 79.6 Å². The van der Waals surface area contributed by atoms with Gasteiger partial charge in [0.05, 0.1) is 54.1 Å². The molecule has 0 saturated heterocycles. The van der Waals surface area contributed by atoms with Gasteiger partial charge in [0.2, 0.25) is 0 Å². The van der Waals surface area contributed by atoms with Crippen LogP contribution in [0.2, 0.25) is 0 Å². The van der Waals surface area contributed by atoms with E-state index in [9.17, 15) is 19.2 Å². The van der Waals surface area contributed by atoms with Crippen LogP contribution < -0.4 is 14.2 Å². The number of hydrogen-bond acceptors (Lipinski definition) is 12. The van der Waals surface area contributed by atoms with Gasteiger partial charge in [-0.3, -0.25) is 0 Å². The van der Waals surface area contributed by atoms with Gasteiger partial charge in [-0.1, -0.05) is 133 Å². The number of halogens is 5. The molecule has 20 heteroatoms. The van der Waals surface area contributed by atoms with Gasteiger partial charge in [-0.25, -0.2) is 19.2 Å². The van der Waals surface area contributed by atoms with Gasteiger partial charge < -0.3 is 38.3 Å². The third-order valence-electron chi connectivity index (χ3n) is 10.3. The molecule has 0 unspecified atom stereocenters. The lowest BCUT2D eigenvalue weighted by atomic mass is 9.40. The number of phenols is 1. The van der Waals surface area contributed by atoms with E-state index in [1.807, 2.05) is 27.7 Å². The van der Waals surface area contributed by atoms with E-state index in [-0.39, 0.29) is 49.4 Å². The maximum atomic E-state index is 12.3. The summed E-state index contributed by atoms with van der Waals surface area (Å²) in [4.78, 5) is 48.3.